The van der Waals surface area contributed by atoms with Crippen molar-refractivity contribution in [2.24, 2.45) is 4.99 Å². The first-order valence-electron chi connectivity index (χ1n) is 9.84. The molecule has 0 spiro atoms. The normalized spacial score (nSPS) is 19.0. The second kappa shape index (κ2) is 8.87. The Kier molecular flexibility index (Phi) is 6.13. The van der Waals surface area contributed by atoms with Crippen molar-refractivity contribution in [3.63, 3.8) is 0 Å². The number of H-pyrrole nitrogens is 1. The van der Waals surface area contributed by atoms with Gasteiger partial charge in [-0.1, -0.05) is 18.2 Å². The predicted octanol–water partition coefficient (Wildman–Crippen LogP) is 2.78. The predicted molar refractivity (Wildman–Crippen MR) is 128 cm³/mol. The van der Waals surface area contributed by atoms with Gasteiger partial charge in [0.1, 0.15) is 4.83 Å². The van der Waals surface area contributed by atoms with Gasteiger partial charge in [-0.05, 0) is 43.3 Å². The molecule has 0 saturated carbocycles. The van der Waals surface area contributed by atoms with Gasteiger partial charge in [-0.2, -0.15) is 0 Å². The molecule has 33 heavy (non-hydrogen) atoms. The lowest BCUT2D eigenvalue weighted by atomic mass is 10.2. The summed E-state index contributed by atoms with van der Waals surface area (Å²) in [5, 5.41) is 2.12. The van der Waals surface area contributed by atoms with E-state index in [1.54, 1.807) is 12.1 Å². The van der Waals surface area contributed by atoms with Crippen LogP contribution in [0.2, 0.25) is 0 Å². The van der Waals surface area contributed by atoms with E-state index in [2.05, 4.69) is 20.4 Å². The van der Waals surface area contributed by atoms with Gasteiger partial charge in [0.2, 0.25) is 10.8 Å². The summed E-state index contributed by atoms with van der Waals surface area (Å²) in [4.78, 5) is 50.0. The minimum atomic E-state index is -1.65. The minimum absolute atomic E-state index is 0.0498. The first-order valence-corrected chi connectivity index (χ1v) is 11.5. The maximum absolute atomic E-state index is 13.1. The number of fused-ring (bicyclic) bond motifs is 1. The van der Waals surface area contributed by atoms with Crippen LogP contribution in [-0.4, -0.2) is 46.2 Å². The molecule has 1 fully saturated rings. The number of aliphatic imine (C=N–C) groups is 1. The molecular weight excluding hydrogens is 466 g/mol. The number of ether oxygens (including phenoxy) is 2. The third kappa shape index (κ3) is 4.07. The van der Waals surface area contributed by atoms with E-state index in [4.69, 9.17) is 9.47 Å². The number of esters is 2. The van der Waals surface area contributed by atoms with E-state index in [0.717, 1.165) is 22.2 Å². The largest absolute Gasteiger partial charge is 0.469 e. The Hall–Kier alpha value is -3.38. The number of rotatable bonds is 5. The average Bonchev–Trinajstić information content (AvgIpc) is 3.31. The number of carbonyl (C=O) groups is 2. The molecule has 10 nitrogen and oxygen atoms in total. The van der Waals surface area contributed by atoms with E-state index in [1.165, 1.54) is 30.6 Å². The van der Waals surface area contributed by atoms with Crippen LogP contribution in [0.15, 0.2) is 40.1 Å². The number of hydrogen-bond donors (Lipinski definition) is 2. The van der Waals surface area contributed by atoms with Gasteiger partial charge in [-0.25, -0.2) is 19.8 Å². The highest BCUT2D eigenvalue weighted by Gasteiger charge is 2.56. The zero-order valence-corrected chi connectivity index (χ0v) is 19.9. The summed E-state index contributed by atoms with van der Waals surface area (Å²) in [6, 6.07) is 9.10. The van der Waals surface area contributed by atoms with Crippen LogP contribution in [-0.2, 0) is 19.1 Å². The fourth-order valence-electron chi connectivity index (χ4n) is 3.40. The van der Waals surface area contributed by atoms with Crippen LogP contribution in [0.25, 0.3) is 10.2 Å². The highest BCUT2D eigenvalue weighted by Crippen LogP contribution is 2.42. The molecule has 0 unspecified atom stereocenters. The number of aromatic amines is 1. The molecule has 2 aromatic heterocycles. The molecule has 2 N–H and O–H groups in total. The molecule has 1 saturated heterocycles. The number of hydrogen-bond acceptors (Lipinski definition) is 10. The van der Waals surface area contributed by atoms with Crippen LogP contribution in [0.1, 0.15) is 16.9 Å². The van der Waals surface area contributed by atoms with Gasteiger partial charge in [0.15, 0.2) is 5.17 Å². The molecule has 3 heterocycles. The molecule has 0 amide bonds. The van der Waals surface area contributed by atoms with Gasteiger partial charge >= 0.3 is 11.9 Å². The van der Waals surface area contributed by atoms with Gasteiger partial charge in [0, 0.05) is 4.88 Å². The number of hydrazine groups is 1. The smallest absolute Gasteiger partial charge is 0.345 e. The molecule has 4 rings (SSSR count). The third-order valence-electron chi connectivity index (χ3n) is 5.18. The van der Waals surface area contributed by atoms with Crippen LogP contribution in [0.3, 0.4) is 0 Å². The summed E-state index contributed by atoms with van der Waals surface area (Å²) in [5.74, 6) is -1.33. The Balaban J connectivity index is 1.89. The average molecular weight is 488 g/mol. The minimum Gasteiger partial charge on any atom is -0.469 e. The zero-order valence-electron chi connectivity index (χ0n) is 18.3. The van der Waals surface area contributed by atoms with Gasteiger partial charge in [-0.3, -0.25) is 20.0 Å². The fourth-order valence-corrected chi connectivity index (χ4v) is 5.62. The van der Waals surface area contributed by atoms with Crippen molar-refractivity contribution in [1.29, 1.82) is 0 Å². The lowest BCUT2D eigenvalue weighted by Crippen LogP contribution is -2.55. The topological polar surface area (TPSA) is 126 Å². The van der Waals surface area contributed by atoms with Gasteiger partial charge in [-0.15, -0.1) is 11.3 Å². The second-order valence-corrected chi connectivity index (χ2v) is 9.65. The maximum atomic E-state index is 13.1. The first-order chi connectivity index (χ1) is 15.8. The van der Waals surface area contributed by atoms with Crippen LogP contribution < -0.4 is 16.0 Å². The van der Waals surface area contributed by atoms with Crippen LogP contribution in [0.4, 0.5) is 11.6 Å². The number of nitrogens with zero attached hydrogens (tertiary/aromatic N) is 3. The highest BCUT2D eigenvalue weighted by atomic mass is 32.2. The van der Waals surface area contributed by atoms with Gasteiger partial charge in [0.05, 0.1) is 31.7 Å². The van der Waals surface area contributed by atoms with Crippen molar-refractivity contribution in [3.8, 4) is 0 Å². The second-order valence-electron chi connectivity index (χ2n) is 7.18. The Bertz CT molecular complexity index is 1320. The number of carbonyl (C=O) groups excluding carboxylic acids is 2. The van der Waals surface area contributed by atoms with Crippen molar-refractivity contribution in [2.45, 2.75) is 25.1 Å². The number of benzene rings is 1. The van der Waals surface area contributed by atoms with Crippen LogP contribution >= 0.6 is 23.1 Å². The first kappa shape index (κ1) is 22.8. The highest BCUT2D eigenvalue weighted by molar-refractivity contribution is 8.16. The Labute approximate surface area is 197 Å². The van der Waals surface area contributed by atoms with Crippen molar-refractivity contribution < 1.29 is 19.1 Å². The van der Waals surface area contributed by atoms with E-state index >= 15 is 0 Å². The molecule has 1 aliphatic heterocycles. The van der Waals surface area contributed by atoms with Crippen molar-refractivity contribution >= 4 is 62.1 Å². The summed E-state index contributed by atoms with van der Waals surface area (Å²) < 4.78 is 9.89. The lowest BCUT2D eigenvalue weighted by molar-refractivity contribution is -0.150. The van der Waals surface area contributed by atoms with Crippen LogP contribution in [0.5, 0.6) is 0 Å². The van der Waals surface area contributed by atoms with Gasteiger partial charge < -0.3 is 9.47 Å². The SMILES string of the molecule is COC(=O)C[C@]1(C(=O)OC)SC(=Nc2ccccc2)NN1c1nc2sc(C)c(C)c2c(=O)[nH]1. The molecule has 12 heteroatoms. The molecule has 0 aliphatic carbocycles. The standard InChI is InChI=1S/C21H21N5O5S2/c1-11-12(2)32-17-15(11)16(28)23-19(24-17)26-21(18(29)31-4,10-14(27)30-3)33-20(25-26)22-13-8-6-5-7-9-13/h5-9H,10H2,1-4H3,(H,22,25)(H,23,24,28)/t21-/m1/s1. The van der Waals surface area contributed by atoms with E-state index in [1.807, 2.05) is 32.0 Å². The molecule has 1 aromatic carbocycles. The summed E-state index contributed by atoms with van der Waals surface area (Å²) in [7, 11) is 2.45. The number of methoxy groups -OCH3 is 2. The summed E-state index contributed by atoms with van der Waals surface area (Å²) in [6.45, 7) is 3.76. The summed E-state index contributed by atoms with van der Waals surface area (Å²) >= 11 is 2.35. The quantitative estimate of drug-likeness (QED) is 0.522. The summed E-state index contributed by atoms with van der Waals surface area (Å²) in [5.41, 5.74) is 4.14. The van der Waals surface area contributed by atoms with E-state index in [-0.39, 0.29) is 17.9 Å². The zero-order chi connectivity index (χ0) is 23.8. The molecule has 0 radical (unpaired) electrons. The molecule has 1 aliphatic rings. The molecule has 172 valence electrons. The number of thiophene rings is 1. The van der Waals surface area contributed by atoms with Crippen molar-refractivity contribution in [1.82, 2.24) is 15.4 Å². The fraction of sp³-hybridized carbons (Fsp3) is 0.286. The van der Waals surface area contributed by atoms with Gasteiger partial charge in [0.25, 0.3) is 5.56 Å². The summed E-state index contributed by atoms with van der Waals surface area (Å²) in [6.07, 6.45) is -0.383. The monoisotopic (exact) mass is 487 g/mol. The van der Waals surface area contributed by atoms with E-state index in [9.17, 15) is 14.4 Å². The molecule has 3 aromatic rings. The van der Waals surface area contributed by atoms with E-state index in [0.29, 0.717) is 21.1 Å². The number of amidine groups is 1. The number of aromatic nitrogens is 2. The van der Waals surface area contributed by atoms with Crippen LogP contribution in [0, 0.1) is 13.8 Å². The number of aryl methyl sites for hydroxylation is 2. The number of anilines is 1. The van der Waals surface area contributed by atoms with Crippen molar-refractivity contribution in [3.05, 3.63) is 51.1 Å². The lowest BCUT2D eigenvalue weighted by Gasteiger charge is -2.32. The number of thioether (sulfide) groups is 1. The third-order valence-corrected chi connectivity index (χ3v) is 7.48. The maximum Gasteiger partial charge on any atom is 0.345 e. The van der Waals surface area contributed by atoms with Crippen molar-refractivity contribution in [2.75, 3.05) is 19.2 Å². The Morgan fingerprint density at radius 1 is 1.18 bits per heavy atom. The molecule has 0 bridgehead atoms. The number of para-hydroxylation sites is 1. The molecule has 1 atom stereocenters. The molecular formula is C21H21N5O5S2. The van der Waals surface area contributed by atoms with E-state index < -0.39 is 16.8 Å². The number of nitrogens with one attached hydrogen (secondary N) is 2. The Morgan fingerprint density at radius 2 is 1.91 bits per heavy atom. The Morgan fingerprint density at radius 3 is 2.58 bits per heavy atom.